The maximum atomic E-state index is 11.6. The lowest BCUT2D eigenvalue weighted by Gasteiger charge is -2.25. The minimum absolute atomic E-state index is 0.156. The third kappa shape index (κ3) is 4.97. The number of carbonyl (C=O) groups is 1. The molecule has 0 saturated heterocycles. The van der Waals surface area contributed by atoms with E-state index in [1.165, 1.54) is 5.70 Å². The summed E-state index contributed by atoms with van der Waals surface area (Å²) >= 11 is 0. The van der Waals surface area contributed by atoms with Gasteiger partial charge in [-0.1, -0.05) is 0 Å². The molecule has 108 valence electrons. The second-order valence-corrected chi connectivity index (χ2v) is 5.79. The zero-order chi connectivity index (χ0) is 14.5. The Balaban J connectivity index is 2.40. The van der Waals surface area contributed by atoms with E-state index in [0.29, 0.717) is 13.2 Å². The SMILES string of the molecule is COC1=CCCC(N(C)CCOC(=O)C(C)(C)C)=C1. The van der Waals surface area contributed by atoms with Crippen molar-refractivity contribution in [2.45, 2.75) is 33.6 Å². The average Bonchev–Trinajstić information content (AvgIpc) is 2.37. The van der Waals surface area contributed by atoms with Crippen LogP contribution in [0.5, 0.6) is 0 Å². The number of hydrogen-bond donors (Lipinski definition) is 0. The van der Waals surface area contributed by atoms with Crippen LogP contribution >= 0.6 is 0 Å². The highest BCUT2D eigenvalue weighted by Crippen LogP contribution is 2.20. The van der Waals surface area contributed by atoms with E-state index in [2.05, 4.69) is 11.0 Å². The molecular weight excluding hydrogens is 242 g/mol. The molecular formula is C15H25NO3. The van der Waals surface area contributed by atoms with E-state index in [1.807, 2.05) is 33.9 Å². The van der Waals surface area contributed by atoms with Crippen molar-refractivity contribution in [1.82, 2.24) is 4.90 Å². The van der Waals surface area contributed by atoms with E-state index in [4.69, 9.17) is 9.47 Å². The Morgan fingerprint density at radius 3 is 2.68 bits per heavy atom. The van der Waals surface area contributed by atoms with Crippen LogP contribution in [0.1, 0.15) is 33.6 Å². The molecule has 0 aromatic rings. The summed E-state index contributed by atoms with van der Waals surface area (Å²) in [5.74, 6) is 0.746. The van der Waals surface area contributed by atoms with Crippen LogP contribution in [-0.2, 0) is 14.3 Å². The molecule has 1 aliphatic carbocycles. The number of nitrogens with zero attached hydrogens (tertiary/aromatic N) is 1. The lowest BCUT2D eigenvalue weighted by molar-refractivity contribution is -0.153. The molecule has 0 N–H and O–H groups in total. The number of likely N-dealkylation sites (N-methyl/N-ethyl adjacent to an activating group) is 1. The first-order valence-electron chi connectivity index (χ1n) is 6.67. The van der Waals surface area contributed by atoms with Gasteiger partial charge >= 0.3 is 5.97 Å². The largest absolute Gasteiger partial charge is 0.497 e. The van der Waals surface area contributed by atoms with Gasteiger partial charge in [-0.15, -0.1) is 0 Å². The molecule has 19 heavy (non-hydrogen) atoms. The summed E-state index contributed by atoms with van der Waals surface area (Å²) in [7, 11) is 3.69. The van der Waals surface area contributed by atoms with Crippen LogP contribution in [0.15, 0.2) is 23.6 Å². The van der Waals surface area contributed by atoms with Crippen molar-refractivity contribution in [2.24, 2.45) is 5.41 Å². The summed E-state index contributed by atoms with van der Waals surface area (Å²) in [4.78, 5) is 13.7. The molecule has 1 aliphatic rings. The van der Waals surface area contributed by atoms with Crippen LogP contribution in [0.3, 0.4) is 0 Å². The Hall–Kier alpha value is -1.45. The van der Waals surface area contributed by atoms with Gasteiger partial charge in [-0.05, 0) is 45.8 Å². The van der Waals surface area contributed by atoms with Gasteiger partial charge in [0.2, 0.25) is 0 Å². The molecule has 4 nitrogen and oxygen atoms in total. The van der Waals surface area contributed by atoms with Crippen LogP contribution in [0.4, 0.5) is 0 Å². The topological polar surface area (TPSA) is 38.8 Å². The summed E-state index contributed by atoms with van der Waals surface area (Å²) in [6.07, 6.45) is 6.10. The van der Waals surface area contributed by atoms with E-state index in [1.54, 1.807) is 7.11 Å². The Kier molecular flexibility index (Phi) is 5.45. The minimum Gasteiger partial charge on any atom is -0.497 e. The number of allylic oxidation sites excluding steroid dienone is 3. The molecule has 0 bridgehead atoms. The maximum absolute atomic E-state index is 11.6. The Labute approximate surface area is 116 Å². The fourth-order valence-electron chi connectivity index (χ4n) is 1.74. The number of hydrogen-bond acceptors (Lipinski definition) is 4. The normalized spacial score (nSPS) is 15.4. The number of carbonyl (C=O) groups excluding carboxylic acids is 1. The van der Waals surface area contributed by atoms with E-state index < -0.39 is 5.41 Å². The predicted octanol–water partition coefficient (Wildman–Crippen LogP) is 2.72. The van der Waals surface area contributed by atoms with Gasteiger partial charge in [-0.3, -0.25) is 4.79 Å². The molecule has 0 unspecified atom stereocenters. The molecule has 0 atom stereocenters. The lowest BCUT2D eigenvalue weighted by atomic mass is 9.97. The summed E-state index contributed by atoms with van der Waals surface area (Å²) in [6, 6.07) is 0. The highest BCUT2D eigenvalue weighted by atomic mass is 16.5. The van der Waals surface area contributed by atoms with Gasteiger partial charge in [-0.25, -0.2) is 0 Å². The van der Waals surface area contributed by atoms with Gasteiger partial charge in [0.15, 0.2) is 0 Å². The summed E-state index contributed by atoms with van der Waals surface area (Å²) < 4.78 is 10.5. The Bertz CT molecular complexity index is 377. The van der Waals surface area contributed by atoms with Crippen molar-refractivity contribution in [3.63, 3.8) is 0 Å². The first-order chi connectivity index (χ1) is 8.84. The fraction of sp³-hybridized carbons (Fsp3) is 0.667. The van der Waals surface area contributed by atoms with E-state index in [0.717, 1.165) is 18.6 Å². The van der Waals surface area contributed by atoms with Crippen LogP contribution in [0.2, 0.25) is 0 Å². The third-order valence-electron chi connectivity index (χ3n) is 3.05. The van der Waals surface area contributed by atoms with Crippen molar-refractivity contribution in [2.75, 3.05) is 27.3 Å². The number of esters is 1. The highest BCUT2D eigenvalue weighted by Gasteiger charge is 2.23. The Morgan fingerprint density at radius 2 is 2.11 bits per heavy atom. The van der Waals surface area contributed by atoms with Crippen LogP contribution in [-0.4, -0.2) is 38.2 Å². The third-order valence-corrected chi connectivity index (χ3v) is 3.05. The standard InChI is InChI=1S/C15H25NO3/c1-15(2,3)14(17)19-10-9-16(4)12-7-6-8-13(11-12)18-5/h8,11H,6-7,9-10H2,1-5H3. The fourth-order valence-corrected chi connectivity index (χ4v) is 1.74. The smallest absolute Gasteiger partial charge is 0.311 e. The van der Waals surface area contributed by atoms with Crippen molar-refractivity contribution >= 4 is 5.97 Å². The molecule has 0 fully saturated rings. The molecule has 0 aliphatic heterocycles. The van der Waals surface area contributed by atoms with Gasteiger partial charge in [0.25, 0.3) is 0 Å². The zero-order valence-electron chi connectivity index (χ0n) is 12.7. The summed E-state index contributed by atoms with van der Waals surface area (Å²) in [5, 5.41) is 0. The van der Waals surface area contributed by atoms with Crippen molar-refractivity contribution < 1.29 is 14.3 Å². The quantitative estimate of drug-likeness (QED) is 0.718. The van der Waals surface area contributed by atoms with E-state index in [-0.39, 0.29) is 5.97 Å². The van der Waals surface area contributed by atoms with Crippen LogP contribution in [0.25, 0.3) is 0 Å². The maximum Gasteiger partial charge on any atom is 0.311 e. The molecule has 0 amide bonds. The number of rotatable bonds is 5. The van der Waals surface area contributed by atoms with Gasteiger partial charge in [0, 0.05) is 12.7 Å². The number of ether oxygens (including phenoxy) is 2. The molecule has 0 heterocycles. The second-order valence-electron chi connectivity index (χ2n) is 5.79. The van der Waals surface area contributed by atoms with Gasteiger partial charge < -0.3 is 14.4 Å². The molecule has 4 heteroatoms. The first kappa shape index (κ1) is 15.6. The van der Waals surface area contributed by atoms with E-state index in [9.17, 15) is 4.79 Å². The molecule has 0 radical (unpaired) electrons. The van der Waals surface area contributed by atoms with Gasteiger partial charge in [0.1, 0.15) is 12.4 Å². The molecule has 0 saturated carbocycles. The van der Waals surface area contributed by atoms with Crippen LogP contribution < -0.4 is 0 Å². The Morgan fingerprint density at radius 1 is 1.42 bits per heavy atom. The average molecular weight is 267 g/mol. The monoisotopic (exact) mass is 267 g/mol. The lowest BCUT2D eigenvalue weighted by Crippen LogP contribution is -2.28. The molecule has 0 spiro atoms. The zero-order valence-corrected chi connectivity index (χ0v) is 12.7. The predicted molar refractivity (Wildman–Crippen MR) is 75.5 cm³/mol. The first-order valence-corrected chi connectivity index (χ1v) is 6.67. The second kappa shape index (κ2) is 6.64. The van der Waals surface area contributed by atoms with Gasteiger partial charge in [-0.2, -0.15) is 0 Å². The van der Waals surface area contributed by atoms with E-state index >= 15 is 0 Å². The molecule has 0 aromatic carbocycles. The van der Waals surface area contributed by atoms with Crippen molar-refractivity contribution in [3.05, 3.63) is 23.6 Å². The summed E-state index contributed by atoms with van der Waals surface area (Å²) in [6.45, 7) is 6.69. The van der Waals surface area contributed by atoms with Crippen LogP contribution in [0, 0.1) is 5.41 Å². The molecule has 0 aromatic heterocycles. The minimum atomic E-state index is -0.436. The highest BCUT2D eigenvalue weighted by molar-refractivity contribution is 5.75. The molecule has 1 rings (SSSR count). The van der Waals surface area contributed by atoms with Gasteiger partial charge in [0.05, 0.1) is 19.1 Å². The van der Waals surface area contributed by atoms with Crippen molar-refractivity contribution in [3.8, 4) is 0 Å². The summed E-state index contributed by atoms with van der Waals surface area (Å²) in [5.41, 5.74) is 0.778. The van der Waals surface area contributed by atoms with Crippen molar-refractivity contribution in [1.29, 1.82) is 0 Å². The number of methoxy groups -OCH3 is 1.